The number of nitrogens with zero attached hydrogens (tertiary/aromatic N) is 4. The third kappa shape index (κ3) is 5.25. The van der Waals surface area contributed by atoms with Gasteiger partial charge in [0.2, 0.25) is 0 Å². The Morgan fingerprint density at radius 1 is 0.581 bits per heavy atom. The number of hydrogen-bond donors (Lipinski definition) is 2. The molecule has 0 bridgehead atoms. The maximum atomic E-state index is 8.52. The van der Waals surface area contributed by atoms with Gasteiger partial charge in [0.1, 0.15) is 22.1 Å². The van der Waals surface area contributed by atoms with E-state index in [2.05, 4.69) is 120 Å². The van der Waals surface area contributed by atoms with Gasteiger partial charge >= 0.3 is 11.3 Å². The molecule has 2 N–H and O–H groups in total. The number of aromatic nitrogens is 6. The minimum absolute atomic E-state index is 1.04. The molecule has 10 nitrogen and oxygen atoms in total. The summed E-state index contributed by atoms with van der Waals surface area (Å²) in [6.07, 6.45) is 0. The van der Waals surface area contributed by atoms with Crippen LogP contribution in [0.3, 0.4) is 0 Å². The van der Waals surface area contributed by atoms with E-state index in [0.29, 0.717) is 0 Å². The Kier molecular flexibility index (Phi) is 7.01. The van der Waals surface area contributed by atoms with Crippen molar-refractivity contribution in [3.63, 3.8) is 0 Å². The van der Waals surface area contributed by atoms with Gasteiger partial charge in [-0.05, 0) is 61.4 Å². The third-order valence-corrected chi connectivity index (χ3v) is 7.59. The Morgan fingerprint density at radius 3 is 1.35 bits per heavy atom. The lowest BCUT2D eigenvalue weighted by Gasteiger charge is -2.06. The van der Waals surface area contributed by atoms with Crippen LogP contribution in [0.4, 0.5) is 0 Å². The highest BCUT2D eigenvalue weighted by Gasteiger charge is 2.19. The lowest BCUT2D eigenvalue weighted by Crippen LogP contribution is -2.31. The largest absolute Gasteiger partial charge is 0.759 e. The lowest BCUT2D eigenvalue weighted by atomic mass is 10.2. The van der Waals surface area contributed by atoms with Gasteiger partial charge < -0.3 is 9.11 Å². The molecule has 0 aliphatic carbocycles. The number of aryl methyl sites for hydroxylation is 4. The standard InChI is InChI=1S/2C16H13N3.H2O4S/c2*1-10-6-5-9-13-14(10)18-15-11-7-3-4-8-12(11)17-16(15)19(13)2;1-5(2,3)4/h2*3-9H,1-2H3;(H2,1,2,3,4). The Labute approximate surface area is 246 Å². The van der Waals surface area contributed by atoms with Crippen LogP contribution in [0.1, 0.15) is 11.1 Å². The zero-order valence-corrected chi connectivity index (χ0v) is 24.7. The second-order valence-electron chi connectivity index (χ2n) is 10.4. The molecule has 0 saturated heterocycles. The van der Waals surface area contributed by atoms with Gasteiger partial charge in [0.25, 0.3) is 0 Å². The zero-order valence-electron chi connectivity index (χ0n) is 23.9. The molecule has 8 aromatic rings. The first-order valence-electron chi connectivity index (χ1n) is 13.5. The summed E-state index contributed by atoms with van der Waals surface area (Å²) < 4.78 is 38.5. The molecule has 11 heteroatoms. The number of H-pyrrole nitrogens is 2. The first-order chi connectivity index (χ1) is 20.5. The molecular weight excluding hydrogens is 564 g/mol. The molecule has 0 spiro atoms. The fourth-order valence-corrected chi connectivity index (χ4v) is 5.52. The van der Waals surface area contributed by atoms with E-state index in [1.807, 2.05) is 12.1 Å². The van der Waals surface area contributed by atoms with E-state index in [4.69, 9.17) is 27.5 Å². The minimum Gasteiger partial charge on any atom is -0.759 e. The van der Waals surface area contributed by atoms with Crippen LogP contribution >= 0.6 is 0 Å². The highest BCUT2D eigenvalue weighted by atomic mass is 32.3. The van der Waals surface area contributed by atoms with Crippen molar-refractivity contribution >= 4 is 76.6 Å². The zero-order chi connectivity index (χ0) is 30.5. The van der Waals surface area contributed by atoms with Gasteiger partial charge in [-0.3, -0.25) is 8.42 Å². The van der Waals surface area contributed by atoms with E-state index in [1.165, 1.54) is 21.9 Å². The summed E-state index contributed by atoms with van der Waals surface area (Å²) >= 11 is 0. The van der Waals surface area contributed by atoms with E-state index < -0.39 is 10.4 Å². The molecule has 0 aliphatic heterocycles. The van der Waals surface area contributed by atoms with Crippen molar-refractivity contribution in [3.05, 3.63) is 96.1 Å². The second kappa shape index (κ2) is 10.7. The van der Waals surface area contributed by atoms with Crippen LogP contribution in [0.2, 0.25) is 0 Å². The predicted octanol–water partition coefficient (Wildman–Crippen LogP) is 4.67. The number of nitrogens with one attached hydrogen (secondary N) is 2. The monoisotopic (exact) mass is 592 g/mol. The van der Waals surface area contributed by atoms with Crippen LogP contribution in [-0.4, -0.2) is 37.5 Å². The van der Waals surface area contributed by atoms with Gasteiger partial charge in [0.05, 0.1) is 24.9 Å². The predicted molar refractivity (Wildman–Crippen MR) is 165 cm³/mol. The fourth-order valence-electron chi connectivity index (χ4n) is 5.52. The molecule has 0 fully saturated rings. The normalized spacial score (nSPS) is 11.7. The molecule has 0 radical (unpaired) electrons. The van der Waals surface area contributed by atoms with Crippen molar-refractivity contribution in [1.29, 1.82) is 0 Å². The van der Waals surface area contributed by atoms with Gasteiger partial charge in [0.15, 0.2) is 22.1 Å². The summed E-state index contributed by atoms with van der Waals surface area (Å²) in [7, 11) is -0.998. The van der Waals surface area contributed by atoms with E-state index in [9.17, 15) is 0 Å². The number of rotatable bonds is 0. The molecule has 216 valence electrons. The molecule has 0 saturated carbocycles. The summed E-state index contributed by atoms with van der Waals surface area (Å²) in [6.45, 7) is 4.21. The Morgan fingerprint density at radius 2 is 0.953 bits per heavy atom. The van der Waals surface area contributed by atoms with Gasteiger partial charge in [-0.1, -0.05) is 48.5 Å². The van der Waals surface area contributed by atoms with Gasteiger partial charge in [-0.15, -0.1) is 0 Å². The van der Waals surface area contributed by atoms with E-state index in [0.717, 1.165) is 55.4 Å². The molecule has 4 heterocycles. The van der Waals surface area contributed by atoms with Crippen LogP contribution in [0.15, 0.2) is 84.9 Å². The summed E-state index contributed by atoms with van der Waals surface area (Å²) in [5.41, 5.74) is 13.4. The Balaban J connectivity index is 0.000000133. The number of aromatic amines is 2. The average molecular weight is 593 g/mol. The van der Waals surface area contributed by atoms with Crippen molar-refractivity contribution < 1.29 is 26.7 Å². The van der Waals surface area contributed by atoms with Crippen molar-refractivity contribution in [1.82, 2.24) is 19.9 Å². The average Bonchev–Trinajstić information content (AvgIpc) is 3.53. The number of para-hydroxylation sites is 4. The summed E-state index contributed by atoms with van der Waals surface area (Å²) in [4.78, 5) is 16.7. The first-order valence-corrected chi connectivity index (χ1v) is 14.8. The van der Waals surface area contributed by atoms with Gasteiger partial charge in [0, 0.05) is 10.4 Å². The van der Waals surface area contributed by atoms with E-state index in [-0.39, 0.29) is 0 Å². The Bertz CT molecular complexity index is 2280. The van der Waals surface area contributed by atoms with Crippen molar-refractivity contribution in [2.24, 2.45) is 14.1 Å². The maximum absolute atomic E-state index is 8.52. The van der Waals surface area contributed by atoms with Crippen LogP contribution in [0.5, 0.6) is 0 Å². The van der Waals surface area contributed by atoms with Crippen molar-refractivity contribution in [2.45, 2.75) is 13.8 Å². The highest BCUT2D eigenvalue weighted by Crippen LogP contribution is 2.25. The SMILES string of the molecule is Cc1cccc2c1nc1c3ccccc3[nH]c1[n+]2C.Cc1cccc2c1nc1c3ccccc3[nH]c1[n+]2C.O=S(=O)([O-])[O-]. The molecule has 0 amide bonds. The number of hydrogen-bond acceptors (Lipinski definition) is 6. The minimum atomic E-state index is -5.17. The molecule has 0 atom stereocenters. The summed E-state index contributed by atoms with van der Waals surface area (Å²) in [5.74, 6) is 0. The van der Waals surface area contributed by atoms with Gasteiger partial charge in [-0.25, -0.2) is 29.1 Å². The summed E-state index contributed by atoms with van der Waals surface area (Å²) in [6, 6.07) is 29.2. The molecule has 4 aromatic carbocycles. The summed E-state index contributed by atoms with van der Waals surface area (Å²) in [5, 5.41) is 2.36. The van der Waals surface area contributed by atoms with Crippen molar-refractivity contribution in [3.8, 4) is 0 Å². The quantitative estimate of drug-likeness (QED) is 0.149. The first kappa shape index (κ1) is 28.2. The van der Waals surface area contributed by atoms with Crippen LogP contribution in [0, 0.1) is 13.8 Å². The molecule has 0 unspecified atom stereocenters. The number of fused-ring (bicyclic) bond motifs is 8. The lowest BCUT2D eigenvalue weighted by molar-refractivity contribution is -0.619. The fraction of sp³-hybridized carbons (Fsp3) is 0.125. The number of benzene rings is 4. The van der Waals surface area contributed by atoms with E-state index >= 15 is 0 Å². The smallest absolute Gasteiger partial charge is 0.306 e. The molecule has 0 aliphatic rings. The van der Waals surface area contributed by atoms with Crippen LogP contribution < -0.4 is 9.13 Å². The van der Waals surface area contributed by atoms with Crippen LogP contribution in [-0.2, 0) is 24.5 Å². The molecule has 43 heavy (non-hydrogen) atoms. The van der Waals surface area contributed by atoms with Gasteiger partial charge in [-0.2, -0.15) is 0 Å². The van der Waals surface area contributed by atoms with E-state index in [1.54, 1.807) is 0 Å². The molecule has 8 rings (SSSR count). The maximum Gasteiger partial charge on any atom is 0.306 e. The van der Waals surface area contributed by atoms with Crippen molar-refractivity contribution in [2.75, 3.05) is 0 Å². The molecular formula is C32H28N6O4S. The topological polar surface area (TPSA) is 145 Å². The van der Waals surface area contributed by atoms with Crippen LogP contribution in [0.25, 0.3) is 66.2 Å². The Hall–Kier alpha value is -4.97. The molecule has 4 aromatic heterocycles. The highest BCUT2D eigenvalue weighted by molar-refractivity contribution is 7.79. The second-order valence-corrected chi connectivity index (χ2v) is 11.2. The third-order valence-electron chi connectivity index (χ3n) is 7.59.